The molecule has 1 amide bonds. The van der Waals surface area contributed by atoms with Crippen LogP contribution >= 0.6 is 11.8 Å². The van der Waals surface area contributed by atoms with Gasteiger partial charge < -0.3 is 10.4 Å². The first-order valence-electron chi connectivity index (χ1n) is 6.16. The Morgan fingerprint density at radius 2 is 2.10 bits per heavy atom. The van der Waals surface area contributed by atoms with Gasteiger partial charge in [-0.25, -0.2) is 4.39 Å². The lowest BCUT2D eigenvalue weighted by Gasteiger charge is -2.12. The second-order valence-electron chi connectivity index (χ2n) is 4.56. The first-order chi connectivity index (χ1) is 9.65. The van der Waals surface area contributed by atoms with E-state index in [1.165, 1.54) is 12.1 Å². The number of anilines is 1. The van der Waals surface area contributed by atoms with Crippen LogP contribution in [0.25, 0.3) is 0 Å². The summed E-state index contributed by atoms with van der Waals surface area (Å²) in [7, 11) is 0. The van der Waals surface area contributed by atoms with Crippen LogP contribution < -0.4 is 5.32 Å². The number of aromatic hydroxyl groups is 1. The van der Waals surface area contributed by atoms with E-state index in [2.05, 4.69) is 5.32 Å². The Hall–Kier alpha value is -2.01. The van der Waals surface area contributed by atoms with Gasteiger partial charge in [0.25, 0.3) is 0 Å². The molecule has 0 aliphatic carbocycles. The first-order valence-corrected chi connectivity index (χ1v) is 7.15. The van der Waals surface area contributed by atoms with E-state index in [0.29, 0.717) is 11.4 Å². The number of fused-ring (bicyclic) bond motifs is 1. The molecule has 1 aliphatic rings. The fraction of sp³-hybridized carbons (Fsp3) is 0.133. The van der Waals surface area contributed by atoms with Crippen LogP contribution in [0.3, 0.4) is 0 Å². The number of benzene rings is 2. The van der Waals surface area contributed by atoms with Crippen molar-refractivity contribution in [3.05, 3.63) is 53.8 Å². The van der Waals surface area contributed by atoms with Crippen molar-refractivity contribution in [2.45, 2.75) is 10.8 Å². The number of hydrogen-bond donors (Lipinski definition) is 2. The van der Waals surface area contributed by atoms with Crippen LogP contribution in [0.4, 0.5) is 10.1 Å². The third-order valence-corrected chi connectivity index (χ3v) is 4.41. The minimum absolute atomic E-state index is 0.160. The van der Waals surface area contributed by atoms with Crippen LogP contribution in [-0.2, 0) is 4.79 Å². The van der Waals surface area contributed by atoms with Crippen molar-refractivity contribution >= 4 is 23.4 Å². The Balaban J connectivity index is 1.79. The summed E-state index contributed by atoms with van der Waals surface area (Å²) in [4.78, 5) is 13.4. The lowest BCUT2D eigenvalue weighted by Crippen LogP contribution is -2.21. The van der Waals surface area contributed by atoms with Crippen molar-refractivity contribution in [1.29, 1.82) is 0 Å². The molecular weight excluding hydrogens is 277 g/mol. The summed E-state index contributed by atoms with van der Waals surface area (Å²) in [5.41, 5.74) is 1.36. The van der Waals surface area contributed by atoms with Gasteiger partial charge in [0.1, 0.15) is 0 Å². The molecule has 0 aromatic heterocycles. The van der Waals surface area contributed by atoms with Gasteiger partial charge in [-0.3, -0.25) is 4.79 Å². The van der Waals surface area contributed by atoms with Gasteiger partial charge in [0.15, 0.2) is 11.6 Å². The molecule has 3 nitrogen and oxygen atoms in total. The van der Waals surface area contributed by atoms with E-state index in [9.17, 15) is 9.18 Å². The maximum Gasteiger partial charge on any atom is 0.232 e. The van der Waals surface area contributed by atoms with E-state index in [1.807, 2.05) is 24.3 Å². The smallest absolute Gasteiger partial charge is 0.232 e. The molecule has 2 N–H and O–H groups in total. The van der Waals surface area contributed by atoms with Crippen molar-refractivity contribution in [2.24, 2.45) is 0 Å². The van der Waals surface area contributed by atoms with Crippen LogP contribution in [-0.4, -0.2) is 16.8 Å². The van der Waals surface area contributed by atoms with E-state index in [0.717, 1.165) is 16.5 Å². The monoisotopic (exact) mass is 289 g/mol. The second-order valence-corrected chi connectivity index (χ2v) is 5.62. The van der Waals surface area contributed by atoms with Crippen molar-refractivity contribution in [1.82, 2.24) is 0 Å². The van der Waals surface area contributed by atoms with Gasteiger partial charge in [0, 0.05) is 22.4 Å². The number of amides is 1. The Morgan fingerprint density at radius 1 is 1.30 bits per heavy atom. The molecule has 0 radical (unpaired) electrons. The quantitative estimate of drug-likeness (QED) is 0.833. The van der Waals surface area contributed by atoms with Crippen LogP contribution in [0, 0.1) is 5.82 Å². The number of phenols is 1. The summed E-state index contributed by atoms with van der Waals surface area (Å²) in [6, 6.07) is 11.6. The van der Waals surface area contributed by atoms with E-state index < -0.39 is 11.6 Å². The maximum atomic E-state index is 13.2. The Morgan fingerprint density at radius 3 is 2.90 bits per heavy atom. The Kier molecular flexibility index (Phi) is 3.36. The fourth-order valence-corrected chi connectivity index (χ4v) is 3.42. The number of nitrogens with one attached hydrogen (secondary N) is 1. The molecule has 2 aromatic carbocycles. The zero-order valence-corrected chi connectivity index (χ0v) is 11.3. The van der Waals surface area contributed by atoms with Crippen LogP contribution in [0.15, 0.2) is 47.4 Å². The topological polar surface area (TPSA) is 49.3 Å². The number of rotatable bonds is 2. The average Bonchev–Trinajstić information content (AvgIpc) is 2.87. The summed E-state index contributed by atoms with van der Waals surface area (Å²) in [6.07, 6.45) is 0. The summed E-state index contributed by atoms with van der Waals surface area (Å²) in [6.45, 7) is 0. The van der Waals surface area contributed by atoms with Crippen molar-refractivity contribution in [3.8, 4) is 5.75 Å². The van der Waals surface area contributed by atoms with Gasteiger partial charge in [-0.1, -0.05) is 18.2 Å². The minimum atomic E-state index is -0.746. The number of carbonyl (C=O) groups excluding carboxylic acids is 1. The van der Waals surface area contributed by atoms with Crippen LogP contribution in [0.5, 0.6) is 5.75 Å². The largest absolute Gasteiger partial charge is 0.505 e. The average molecular weight is 289 g/mol. The normalized spacial score (nSPS) is 16.8. The third-order valence-electron chi connectivity index (χ3n) is 3.23. The molecule has 1 heterocycles. The molecule has 1 unspecified atom stereocenters. The third kappa shape index (κ3) is 2.36. The van der Waals surface area contributed by atoms with Gasteiger partial charge in [-0.05, 0) is 23.8 Å². The highest BCUT2D eigenvalue weighted by atomic mass is 32.2. The molecule has 0 saturated carbocycles. The number of phenolic OH excluding ortho intramolecular Hbond substituents is 1. The van der Waals surface area contributed by atoms with E-state index in [-0.39, 0.29) is 11.8 Å². The highest BCUT2D eigenvalue weighted by molar-refractivity contribution is 7.99. The van der Waals surface area contributed by atoms with E-state index in [1.54, 1.807) is 11.8 Å². The van der Waals surface area contributed by atoms with Crippen molar-refractivity contribution in [3.63, 3.8) is 0 Å². The molecule has 5 heteroatoms. The van der Waals surface area contributed by atoms with Crippen LogP contribution in [0.2, 0.25) is 0 Å². The number of hydrogen-bond acceptors (Lipinski definition) is 3. The Bertz CT molecular complexity index is 675. The van der Waals surface area contributed by atoms with Crippen molar-refractivity contribution in [2.75, 3.05) is 11.1 Å². The van der Waals surface area contributed by atoms with Gasteiger partial charge in [-0.15, -0.1) is 11.8 Å². The predicted octanol–water partition coefficient (Wildman–Crippen LogP) is 3.36. The first kappa shape index (κ1) is 13.0. The minimum Gasteiger partial charge on any atom is -0.505 e. The van der Waals surface area contributed by atoms with E-state index >= 15 is 0 Å². The SMILES string of the molecule is O=C(Nc1ccc(O)c(F)c1)C1CSc2ccccc21. The van der Waals surface area contributed by atoms with Gasteiger partial charge in [0.2, 0.25) is 5.91 Å². The van der Waals surface area contributed by atoms with Gasteiger partial charge >= 0.3 is 0 Å². The lowest BCUT2D eigenvalue weighted by molar-refractivity contribution is -0.117. The van der Waals surface area contributed by atoms with Crippen molar-refractivity contribution < 1.29 is 14.3 Å². The summed E-state index contributed by atoms with van der Waals surface area (Å²) >= 11 is 1.65. The highest BCUT2D eigenvalue weighted by Gasteiger charge is 2.28. The highest BCUT2D eigenvalue weighted by Crippen LogP contribution is 2.39. The molecule has 102 valence electrons. The summed E-state index contributed by atoms with van der Waals surface area (Å²) < 4.78 is 13.2. The van der Waals surface area contributed by atoms with Gasteiger partial charge in [-0.2, -0.15) is 0 Å². The number of halogens is 1. The Labute approximate surface area is 119 Å². The molecule has 1 atom stereocenters. The molecule has 1 aliphatic heterocycles. The second kappa shape index (κ2) is 5.17. The molecule has 2 aromatic rings. The van der Waals surface area contributed by atoms with Gasteiger partial charge in [0.05, 0.1) is 5.92 Å². The molecule has 3 rings (SSSR count). The molecule has 0 fully saturated rings. The maximum absolute atomic E-state index is 13.2. The fourth-order valence-electron chi connectivity index (χ4n) is 2.19. The lowest BCUT2D eigenvalue weighted by atomic mass is 10.0. The summed E-state index contributed by atoms with van der Waals surface area (Å²) in [5.74, 6) is -0.875. The molecule has 0 saturated heterocycles. The summed E-state index contributed by atoms with van der Waals surface area (Å²) in [5, 5.41) is 11.8. The molecule has 0 bridgehead atoms. The molecule has 0 spiro atoms. The standard InChI is InChI=1S/C15H12FNO2S/c16-12-7-9(5-6-13(12)18)17-15(19)11-8-20-14-4-2-1-3-10(11)14/h1-7,11,18H,8H2,(H,17,19). The predicted molar refractivity (Wildman–Crippen MR) is 76.6 cm³/mol. The van der Waals surface area contributed by atoms with Crippen LogP contribution in [0.1, 0.15) is 11.5 Å². The van der Waals surface area contributed by atoms with E-state index in [4.69, 9.17) is 5.11 Å². The zero-order chi connectivity index (χ0) is 14.1. The number of carbonyl (C=O) groups is 1. The number of thioether (sulfide) groups is 1. The zero-order valence-electron chi connectivity index (χ0n) is 10.5. The molecular formula is C15H12FNO2S. The molecule has 20 heavy (non-hydrogen) atoms.